The molecule has 1 rings (SSSR count). The van der Waals surface area contributed by atoms with Gasteiger partial charge in [0.05, 0.1) is 7.11 Å². The summed E-state index contributed by atoms with van der Waals surface area (Å²) in [4.78, 5) is 11.1. The van der Waals surface area contributed by atoms with E-state index in [4.69, 9.17) is 0 Å². The Labute approximate surface area is 117 Å². The van der Waals surface area contributed by atoms with E-state index in [1.54, 1.807) is 11.1 Å². The zero-order chi connectivity index (χ0) is 14.5. The molecular weight excluding hydrogens is 236 g/mol. The van der Waals surface area contributed by atoms with E-state index in [0.29, 0.717) is 11.8 Å². The molecule has 19 heavy (non-hydrogen) atoms. The Hall–Kier alpha value is -1.05. The van der Waals surface area contributed by atoms with Crippen LogP contribution in [0.4, 0.5) is 0 Å². The number of carbonyl (C=O) groups is 1. The Balaban J connectivity index is 2.61. The van der Waals surface area contributed by atoms with Gasteiger partial charge in [0.25, 0.3) is 0 Å². The van der Waals surface area contributed by atoms with Crippen LogP contribution in [0.3, 0.4) is 0 Å². The molecule has 0 N–H and O–H groups in total. The average Bonchev–Trinajstić information content (AvgIpc) is 2.34. The van der Waals surface area contributed by atoms with Crippen molar-refractivity contribution < 1.29 is 9.53 Å². The summed E-state index contributed by atoms with van der Waals surface area (Å²) < 4.78 is 4.67. The molecule has 0 saturated carbocycles. The molecule has 0 aliphatic heterocycles. The minimum absolute atomic E-state index is 0.124. The molecule has 0 bridgehead atoms. The fourth-order valence-corrected chi connectivity index (χ4v) is 2.91. The normalized spacial score (nSPS) is 19.5. The third kappa shape index (κ3) is 4.85. The van der Waals surface area contributed by atoms with Crippen molar-refractivity contribution in [3.63, 3.8) is 0 Å². The second kappa shape index (κ2) is 6.93. The predicted molar refractivity (Wildman–Crippen MR) is 80.0 cm³/mol. The zero-order valence-electron chi connectivity index (χ0n) is 13.1. The number of esters is 1. The summed E-state index contributed by atoms with van der Waals surface area (Å²) in [5, 5.41) is 0. The lowest BCUT2D eigenvalue weighted by Gasteiger charge is -2.34. The third-order valence-electron chi connectivity index (χ3n) is 4.29. The van der Waals surface area contributed by atoms with Gasteiger partial charge in [0.1, 0.15) is 0 Å². The van der Waals surface area contributed by atoms with E-state index in [-0.39, 0.29) is 5.97 Å². The number of ether oxygens (including phenoxy) is 1. The van der Waals surface area contributed by atoms with Gasteiger partial charge in [-0.25, -0.2) is 0 Å². The molecule has 0 aromatic heterocycles. The number of methoxy groups -OCH3 is 1. The number of allylic oxidation sites excluding steroid dienone is 4. The highest BCUT2D eigenvalue weighted by atomic mass is 16.5. The largest absolute Gasteiger partial charge is 0.469 e. The van der Waals surface area contributed by atoms with Gasteiger partial charge in [-0.1, -0.05) is 36.6 Å². The first kappa shape index (κ1) is 16.0. The van der Waals surface area contributed by atoms with Gasteiger partial charge in [-0.15, -0.1) is 0 Å². The lowest BCUT2D eigenvalue weighted by atomic mass is 9.71. The molecule has 0 aromatic carbocycles. The van der Waals surface area contributed by atoms with Crippen LogP contribution < -0.4 is 0 Å². The second-order valence-electron chi connectivity index (χ2n) is 6.33. The lowest BCUT2D eigenvalue weighted by Crippen LogP contribution is -2.20. The molecule has 1 aliphatic rings. The fraction of sp³-hybridized carbons (Fsp3) is 0.706. The molecule has 0 saturated heterocycles. The lowest BCUT2D eigenvalue weighted by molar-refractivity contribution is -0.140. The highest BCUT2D eigenvalue weighted by molar-refractivity contribution is 5.69. The minimum Gasteiger partial charge on any atom is -0.469 e. The van der Waals surface area contributed by atoms with Crippen molar-refractivity contribution in [3.8, 4) is 0 Å². The van der Waals surface area contributed by atoms with E-state index < -0.39 is 0 Å². The first-order valence-electron chi connectivity index (χ1n) is 7.28. The number of hydrogen-bond acceptors (Lipinski definition) is 2. The molecule has 0 unspecified atom stereocenters. The highest BCUT2D eigenvalue weighted by Gasteiger charge is 2.27. The quantitative estimate of drug-likeness (QED) is 0.526. The third-order valence-corrected chi connectivity index (χ3v) is 4.29. The maximum absolute atomic E-state index is 11.1. The summed E-state index contributed by atoms with van der Waals surface area (Å²) in [6, 6.07) is 0. The zero-order valence-corrected chi connectivity index (χ0v) is 13.1. The molecule has 0 radical (unpaired) electrons. The van der Waals surface area contributed by atoms with E-state index in [2.05, 4.69) is 38.5 Å². The Morgan fingerprint density at radius 2 is 2.05 bits per heavy atom. The first-order chi connectivity index (χ1) is 8.86. The average molecular weight is 264 g/mol. The van der Waals surface area contributed by atoms with Crippen molar-refractivity contribution >= 4 is 5.97 Å². The standard InChI is InChI=1S/C17H28O2/c1-13(9-11-16(18)19-5)8-10-15-14(2)7-6-12-17(15,3)4/h8H,6-7,9-12H2,1-5H3. The number of hydrogen-bond donors (Lipinski definition) is 0. The van der Waals surface area contributed by atoms with E-state index in [1.165, 1.54) is 31.9 Å². The Morgan fingerprint density at radius 3 is 2.63 bits per heavy atom. The predicted octanol–water partition coefficient (Wildman–Crippen LogP) is 4.80. The minimum atomic E-state index is -0.124. The van der Waals surface area contributed by atoms with Crippen LogP contribution in [0.5, 0.6) is 0 Å². The van der Waals surface area contributed by atoms with Crippen molar-refractivity contribution in [2.24, 2.45) is 5.41 Å². The van der Waals surface area contributed by atoms with Gasteiger partial charge in [0, 0.05) is 6.42 Å². The molecule has 1 aliphatic carbocycles. The van der Waals surface area contributed by atoms with Crippen molar-refractivity contribution in [2.75, 3.05) is 7.11 Å². The van der Waals surface area contributed by atoms with Crippen LogP contribution in [0.15, 0.2) is 22.8 Å². The molecular formula is C17H28O2. The van der Waals surface area contributed by atoms with Gasteiger partial charge in [-0.2, -0.15) is 0 Å². The molecule has 2 heteroatoms. The van der Waals surface area contributed by atoms with Crippen LogP contribution in [0.2, 0.25) is 0 Å². The summed E-state index contributed by atoms with van der Waals surface area (Å²) in [6.07, 6.45) is 8.45. The van der Waals surface area contributed by atoms with E-state index >= 15 is 0 Å². The summed E-state index contributed by atoms with van der Waals surface area (Å²) in [7, 11) is 1.44. The summed E-state index contributed by atoms with van der Waals surface area (Å²) in [5.41, 5.74) is 4.78. The van der Waals surface area contributed by atoms with Gasteiger partial charge < -0.3 is 4.74 Å². The van der Waals surface area contributed by atoms with Crippen LogP contribution in [-0.2, 0) is 9.53 Å². The van der Waals surface area contributed by atoms with Gasteiger partial charge >= 0.3 is 5.97 Å². The van der Waals surface area contributed by atoms with Crippen LogP contribution in [-0.4, -0.2) is 13.1 Å². The highest BCUT2D eigenvalue weighted by Crippen LogP contribution is 2.42. The Kier molecular flexibility index (Phi) is 5.84. The van der Waals surface area contributed by atoms with Crippen molar-refractivity contribution in [2.45, 2.75) is 66.2 Å². The molecule has 0 fully saturated rings. The summed E-state index contributed by atoms with van der Waals surface area (Å²) >= 11 is 0. The number of carbonyl (C=O) groups excluding carboxylic acids is 1. The van der Waals surface area contributed by atoms with E-state index in [9.17, 15) is 4.79 Å². The fourth-order valence-electron chi connectivity index (χ4n) is 2.91. The monoisotopic (exact) mass is 264 g/mol. The summed E-state index contributed by atoms with van der Waals surface area (Å²) in [5.74, 6) is -0.124. The SMILES string of the molecule is COC(=O)CCC(C)=CCC1=C(C)CCCC1(C)C. The molecule has 0 spiro atoms. The number of rotatable bonds is 5. The molecule has 0 heterocycles. The molecule has 0 aromatic rings. The van der Waals surface area contributed by atoms with Crippen molar-refractivity contribution in [1.82, 2.24) is 0 Å². The molecule has 0 atom stereocenters. The van der Waals surface area contributed by atoms with Gasteiger partial charge in [0.2, 0.25) is 0 Å². The van der Waals surface area contributed by atoms with E-state index in [0.717, 1.165) is 12.8 Å². The van der Waals surface area contributed by atoms with E-state index in [1.807, 2.05) is 0 Å². The van der Waals surface area contributed by atoms with Crippen molar-refractivity contribution in [3.05, 3.63) is 22.8 Å². The summed E-state index contributed by atoms with van der Waals surface area (Å²) in [6.45, 7) is 9.08. The molecule has 0 amide bonds. The Bertz CT molecular complexity index is 386. The topological polar surface area (TPSA) is 26.3 Å². The van der Waals surface area contributed by atoms with Gasteiger partial charge in [-0.05, 0) is 51.4 Å². The first-order valence-corrected chi connectivity index (χ1v) is 7.28. The van der Waals surface area contributed by atoms with Crippen LogP contribution in [0.1, 0.15) is 66.2 Å². The van der Waals surface area contributed by atoms with Crippen LogP contribution >= 0.6 is 0 Å². The molecule has 2 nitrogen and oxygen atoms in total. The van der Waals surface area contributed by atoms with Gasteiger partial charge in [-0.3, -0.25) is 4.79 Å². The van der Waals surface area contributed by atoms with Crippen LogP contribution in [0, 0.1) is 5.41 Å². The maximum Gasteiger partial charge on any atom is 0.305 e. The smallest absolute Gasteiger partial charge is 0.305 e. The molecule has 108 valence electrons. The van der Waals surface area contributed by atoms with Gasteiger partial charge in [0.15, 0.2) is 0 Å². The second-order valence-corrected chi connectivity index (χ2v) is 6.33. The van der Waals surface area contributed by atoms with Crippen molar-refractivity contribution in [1.29, 1.82) is 0 Å². The van der Waals surface area contributed by atoms with Crippen LogP contribution in [0.25, 0.3) is 0 Å². The Morgan fingerprint density at radius 1 is 1.37 bits per heavy atom. The maximum atomic E-state index is 11.1.